The summed E-state index contributed by atoms with van der Waals surface area (Å²) < 4.78 is 17.7. The Morgan fingerprint density at radius 3 is 2.38 bits per heavy atom. The average Bonchev–Trinajstić information content (AvgIpc) is 2.62. The molecule has 0 aromatic heterocycles. The molecule has 0 fully saturated rings. The van der Waals surface area contributed by atoms with Crippen molar-refractivity contribution in [2.45, 2.75) is 26.7 Å². The van der Waals surface area contributed by atoms with Crippen LogP contribution in [0.2, 0.25) is 0 Å². The van der Waals surface area contributed by atoms with Gasteiger partial charge in [0.25, 0.3) is 5.91 Å². The Hall–Kier alpha value is -3.02. The molecule has 0 saturated heterocycles. The molecule has 0 aliphatic carbocycles. The monoisotopic (exact) mass is 357 g/mol. The second-order valence-electron chi connectivity index (χ2n) is 5.89. The van der Waals surface area contributed by atoms with Gasteiger partial charge < -0.3 is 10.1 Å². The SMILES string of the molecule is Cc1cccc(NC(=O)COC(=O)CCC(=O)c2ccc(F)cc2)c1C. The van der Waals surface area contributed by atoms with Crippen LogP contribution in [0.3, 0.4) is 0 Å². The highest BCUT2D eigenvalue weighted by Gasteiger charge is 2.13. The van der Waals surface area contributed by atoms with Gasteiger partial charge in [-0.25, -0.2) is 4.39 Å². The molecule has 0 saturated carbocycles. The largest absolute Gasteiger partial charge is 0.456 e. The average molecular weight is 357 g/mol. The summed E-state index contributed by atoms with van der Waals surface area (Å²) in [4.78, 5) is 35.5. The van der Waals surface area contributed by atoms with Crippen molar-refractivity contribution in [2.75, 3.05) is 11.9 Å². The molecule has 26 heavy (non-hydrogen) atoms. The van der Waals surface area contributed by atoms with E-state index in [1.165, 1.54) is 24.3 Å². The minimum atomic E-state index is -0.642. The fourth-order valence-electron chi connectivity index (χ4n) is 2.29. The third-order valence-electron chi connectivity index (χ3n) is 3.97. The Kier molecular flexibility index (Phi) is 6.60. The number of esters is 1. The van der Waals surface area contributed by atoms with Gasteiger partial charge in [0.2, 0.25) is 0 Å². The Labute approximate surface area is 151 Å². The van der Waals surface area contributed by atoms with E-state index in [-0.39, 0.29) is 18.6 Å². The van der Waals surface area contributed by atoms with E-state index in [9.17, 15) is 18.8 Å². The van der Waals surface area contributed by atoms with Crippen LogP contribution in [-0.2, 0) is 14.3 Å². The van der Waals surface area contributed by atoms with Crippen molar-refractivity contribution >= 4 is 23.3 Å². The van der Waals surface area contributed by atoms with Gasteiger partial charge in [-0.2, -0.15) is 0 Å². The number of Topliss-reactive ketones (excluding diaryl/α,β-unsaturated/α-hetero) is 1. The fourth-order valence-corrected chi connectivity index (χ4v) is 2.29. The standard InChI is InChI=1S/C20H20FNO4/c1-13-4-3-5-17(14(13)2)22-19(24)12-26-20(25)11-10-18(23)15-6-8-16(21)9-7-15/h3-9H,10-12H2,1-2H3,(H,22,24). The molecule has 1 N–H and O–H groups in total. The Morgan fingerprint density at radius 1 is 1.00 bits per heavy atom. The first-order valence-electron chi connectivity index (χ1n) is 8.17. The van der Waals surface area contributed by atoms with Gasteiger partial charge in [-0.05, 0) is 55.3 Å². The fraction of sp³-hybridized carbons (Fsp3) is 0.250. The Bertz CT molecular complexity index is 815. The van der Waals surface area contributed by atoms with Crippen LogP contribution >= 0.6 is 0 Å². The van der Waals surface area contributed by atoms with Crippen molar-refractivity contribution < 1.29 is 23.5 Å². The predicted octanol–water partition coefficient (Wildman–Crippen LogP) is 3.59. The molecule has 0 heterocycles. The number of carbonyl (C=O) groups is 3. The lowest BCUT2D eigenvalue weighted by Crippen LogP contribution is -2.21. The van der Waals surface area contributed by atoms with Crippen molar-refractivity contribution in [3.63, 3.8) is 0 Å². The number of nitrogens with one attached hydrogen (secondary N) is 1. The molecule has 0 atom stereocenters. The minimum Gasteiger partial charge on any atom is -0.456 e. The van der Waals surface area contributed by atoms with E-state index in [1.54, 1.807) is 6.07 Å². The van der Waals surface area contributed by atoms with Crippen molar-refractivity contribution in [2.24, 2.45) is 0 Å². The predicted molar refractivity (Wildman–Crippen MR) is 95.5 cm³/mol. The zero-order chi connectivity index (χ0) is 19.1. The number of benzene rings is 2. The maximum absolute atomic E-state index is 12.8. The molecule has 136 valence electrons. The lowest BCUT2D eigenvalue weighted by molar-refractivity contribution is -0.147. The van der Waals surface area contributed by atoms with Crippen molar-refractivity contribution in [3.8, 4) is 0 Å². The number of hydrogen-bond acceptors (Lipinski definition) is 4. The molecule has 1 amide bonds. The summed E-state index contributed by atoms with van der Waals surface area (Å²) in [5.74, 6) is -1.81. The van der Waals surface area contributed by atoms with Gasteiger partial charge in [-0.15, -0.1) is 0 Å². The summed E-state index contributed by atoms with van der Waals surface area (Å²) in [6.07, 6.45) is -0.212. The summed E-state index contributed by atoms with van der Waals surface area (Å²) >= 11 is 0. The summed E-state index contributed by atoms with van der Waals surface area (Å²) in [5.41, 5.74) is 2.97. The highest BCUT2D eigenvalue weighted by molar-refractivity contribution is 5.98. The number of amides is 1. The van der Waals surface area contributed by atoms with E-state index >= 15 is 0 Å². The molecular formula is C20H20FNO4. The second kappa shape index (κ2) is 8.89. The number of anilines is 1. The third-order valence-corrected chi connectivity index (χ3v) is 3.97. The number of carbonyl (C=O) groups excluding carboxylic acids is 3. The van der Waals surface area contributed by atoms with Gasteiger partial charge in [0.05, 0.1) is 6.42 Å². The molecule has 0 unspecified atom stereocenters. The second-order valence-corrected chi connectivity index (χ2v) is 5.89. The normalized spacial score (nSPS) is 10.3. The van der Waals surface area contributed by atoms with Gasteiger partial charge in [0.1, 0.15) is 5.82 Å². The number of hydrogen-bond donors (Lipinski definition) is 1. The number of rotatable bonds is 7. The molecule has 2 aromatic carbocycles. The number of aryl methyl sites for hydroxylation is 1. The van der Waals surface area contributed by atoms with Gasteiger partial charge in [-0.3, -0.25) is 14.4 Å². The molecule has 6 heteroatoms. The molecule has 2 aromatic rings. The van der Waals surface area contributed by atoms with E-state index in [2.05, 4.69) is 5.32 Å². The zero-order valence-electron chi connectivity index (χ0n) is 14.7. The van der Waals surface area contributed by atoms with Crippen molar-refractivity contribution in [1.82, 2.24) is 0 Å². The number of ether oxygens (including phenoxy) is 1. The molecule has 0 radical (unpaired) electrons. The van der Waals surface area contributed by atoms with Crippen molar-refractivity contribution in [1.29, 1.82) is 0 Å². The molecule has 0 bridgehead atoms. The van der Waals surface area contributed by atoms with Crippen LogP contribution in [0.1, 0.15) is 34.3 Å². The first-order valence-corrected chi connectivity index (χ1v) is 8.17. The molecule has 0 aliphatic rings. The van der Waals surface area contributed by atoms with Gasteiger partial charge in [0.15, 0.2) is 12.4 Å². The van der Waals surface area contributed by atoms with Crippen LogP contribution in [0.5, 0.6) is 0 Å². The van der Waals surface area contributed by atoms with Crippen LogP contribution in [0.4, 0.5) is 10.1 Å². The highest BCUT2D eigenvalue weighted by atomic mass is 19.1. The Balaban J connectivity index is 1.76. The van der Waals surface area contributed by atoms with Crippen LogP contribution in [-0.4, -0.2) is 24.3 Å². The summed E-state index contributed by atoms with van der Waals surface area (Å²) in [6, 6.07) is 10.6. The number of halogens is 1. The first-order chi connectivity index (χ1) is 12.4. The maximum atomic E-state index is 12.8. The topological polar surface area (TPSA) is 72.5 Å². The lowest BCUT2D eigenvalue weighted by atomic mass is 10.1. The smallest absolute Gasteiger partial charge is 0.306 e. The van der Waals surface area contributed by atoms with E-state index < -0.39 is 24.3 Å². The van der Waals surface area contributed by atoms with Crippen LogP contribution in [0.25, 0.3) is 0 Å². The summed E-state index contributed by atoms with van der Waals surface area (Å²) in [6.45, 7) is 3.40. The third kappa shape index (κ3) is 5.51. The molecule has 5 nitrogen and oxygen atoms in total. The number of ketones is 1. The van der Waals surface area contributed by atoms with E-state index in [0.717, 1.165) is 11.1 Å². The van der Waals surface area contributed by atoms with Crippen molar-refractivity contribution in [3.05, 3.63) is 65.0 Å². The summed E-state index contributed by atoms with van der Waals surface area (Å²) in [7, 11) is 0. The van der Waals surface area contributed by atoms with Gasteiger partial charge >= 0.3 is 5.97 Å². The molecule has 0 spiro atoms. The highest BCUT2D eigenvalue weighted by Crippen LogP contribution is 2.17. The summed E-state index contributed by atoms with van der Waals surface area (Å²) in [5, 5.41) is 2.68. The van der Waals surface area contributed by atoms with Gasteiger partial charge in [0, 0.05) is 17.7 Å². The molecular weight excluding hydrogens is 337 g/mol. The molecule has 0 aliphatic heterocycles. The van der Waals surface area contributed by atoms with Gasteiger partial charge in [-0.1, -0.05) is 12.1 Å². The van der Waals surface area contributed by atoms with Crippen LogP contribution < -0.4 is 5.32 Å². The van der Waals surface area contributed by atoms with Crippen LogP contribution in [0, 0.1) is 19.7 Å². The van der Waals surface area contributed by atoms with E-state index in [4.69, 9.17) is 4.74 Å². The molecule has 2 rings (SSSR count). The minimum absolute atomic E-state index is 0.0664. The lowest BCUT2D eigenvalue weighted by Gasteiger charge is -2.10. The Morgan fingerprint density at radius 2 is 1.69 bits per heavy atom. The maximum Gasteiger partial charge on any atom is 0.306 e. The van der Waals surface area contributed by atoms with E-state index in [1.807, 2.05) is 26.0 Å². The van der Waals surface area contributed by atoms with Crippen LogP contribution in [0.15, 0.2) is 42.5 Å². The zero-order valence-corrected chi connectivity index (χ0v) is 14.7. The van der Waals surface area contributed by atoms with E-state index in [0.29, 0.717) is 11.3 Å². The first kappa shape index (κ1) is 19.3. The quantitative estimate of drug-likeness (QED) is 0.607.